The first-order chi connectivity index (χ1) is 13.4. The first kappa shape index (κ1) is 18.0. The highest BCUT2D eigenvalue weighted by molar-refractivity contribution is 6.07. The molecule has 142 valence electrons. The summed E-state index contributed by atoms with van der Waals surface area (Å²) in [6, 6.07) is 13.3. The topological polar surface area (TPSA) is 59.5 Å². The summed E-state index contributed by atoms with van der Waals surface area (Å²) in [7, 11) is 0. The number of hydrogen-bond acceptors (Lipinski definition) is 4. The molecule has 3 aromatic heterocycles. The third-order valence-electron chi connectivity index (χ3n) is 5.03. The van der Waals surface area contributed by atoms with Gasteiger partial charge in [-0.05, 0) is 75.2 Å². The maximum Gasteiger partial charge on any atom is 0.295 e. The van der Waals surface area contributed by atoms with Gasteiger partial charge in [0.1, 0.15) is 22.9 Å². The number of aromatic nitrogens is 1. The van der Waals surface area contributed by atoms with Crippen LogP contribution in [-0.4, -0.2) is 10.9 Å². The number of carbonyl (C=O) groups excluding carboxylic acids is 1. The van der Waals surface area contributed by atoms with E-state index in [0.717, 1.165) is 27.9 Å². The van der Waals surface area contributed by atoms with E-state index in [1.54, 1.807) is 17.2 Å². The lowest BCUT2D eigenvalue weighted by Gasteiger charge is -2.19. The number of hydrogen-bond donors (Lipinski definition) is 0. The van der Waals surface area contributed by atoms with Gasteiger partial charge in [0.25, 0.3) is 5.91 Å². The second-order valence-electron chi connectivity index (χ2n) is 7.08. The lowest BCUT2D eigenvalue weighted by atomic mass is 10.0. The minimum atomic E-state index is -0.239. The Bertz CT molecular complexity index is 1160. The molecule has 0 aliphatic heterocycles. The Morgan fingerprint density at radius 3 is 2.46 bits per heavy atom. The van der Waals surface area contributed by atoms with Crippen molar-refractivity contribution in [1.29, 1.82) is 0 Å². The molecule has 0 N–H and O–H groups in total. The van der Waals surface area contributed by atoms with Gasteiger partial charge in [-0.15, -0.1) is 0 Å². The van der Waals surface area contributed by atoms with E-state index < -0.39 is 0 Å². The van der Waals surface area contributed by atoms with Gasteiger partial charge in [-0.1, -0.05) is 6.07 Å². The SMILES string of the molecule is Cc1ccc(CN(C(=O)c2oc3cc(C)c(C)cc3c2C)c2ccccn2)o1. The summed E-state index contributed by atoms with van der Waals surface area (Å²) in [6.45, 7) is 8.17. The standard InChI is InChI=1S/C23H22N2O3/c1-14-11-19-17(4)22(28-20(19)12-15(14)2)23(26)25(21-7-5-6-10-24-21)13-18-9-8-16(3)27-18/h5-12H,13H2,1-4H3. The Hall–Kier alpha value is -3.34. The smallest absolute Gasteiger partial charge is 0.295 e. The molecule has 0 aliphatic rings. The molecule has 0 saturated carbocycles. The minimum Gasteiger partial charge on any atom is -0.464 e. The highest BCUT2D eigenvalue weighted by Crippen LogP contribution is 2.30. The monoisotopic (exact) mass is 374 g/mol. The fourth-order valence-electron chi connectivity index (χ4n) is 3.30. The molecular weight excluding hydrogens is 352 g/mol. The zero-order valence-electron chi connectivity index (χ0n) is 16.4. The number of amides is 1. The molecule has 5 nitrogen and oxygen atoms in total. The molecule has 0 saturated heterocycles. The molecule has 4 rings (SSSR count). The van der Waals surface area contributed by atoms with Gasteiger partial charge in [-0.3, -0.25) is 9.69 Å². The zero-order valence-corrected chi connectivity index (χ0v) is 16.4. The molecule has 0 aliphatic carbocycles. The van der Waals surface area contributed by atoms with Gasteiger partial charge in [-0.2, -0.15) is 0 Å². The van der Waals surface area contributed by atoms with Gasteiger partial charge in [0.05, 0.1) is 6.54 Å². The van der Waals surface area contributed by atoms with Crippen LogP contribution in [0.5, 0.6) is 0 Å². The van der Waals surface area contributed by atoms with Gasteiger partial charge >= 0.3 is 0 Å². The first-order valence-electron chi connectivity index (χ1n) is 9.22. The van der Waals surface area contributed by atoms with Crippen LogP contribution in [0.3, 0.4) is 0 Å². The van der Waals surface area contributed by atoms with Crippen molar-refractivity contribution >= 4 is 22.7 Å². The van der Waals surface area contributed by atoms with Crippen molar-refractivity contribution in [2.45, 2.75) is 34.2 Å². The summed E-state index contributed by atoms with van der Waals surface area (Å²) in [4.78, 5) is 19.4. The Balaban J connectivity index is 1.79. The Kier molecular flexibility index (Phi) is 4.51. The Morgan fingerprint density at radius 2 is 1.79 bits per heavy atom. The van der Waals surface area contributed by atoms with Crippen LogP contribution in [-0.2, 0) is 6.54 Å². The quantitative estimate of drug-likeness (QED) is 0.473. The van der Waals surface area contributed by atoms with Crippen LogP contribution in [0.25, 0.3) is 11.0 Å². The van der Waals surface area contributed by atoms with Gasteiger partial charge in [0.15, 0.2) is 5.76 Å². The predicted molar refractivity (Wildman–Crippen MR) is 109 cm³/mol. The van der Waals surface area contributed by atoms with E-state index in [0.29, 0.717) is 17.3 Å². The lowest BCUT2D eigenvalue weighted by Crippen LogP contribution is -2.31. The molecule has 4 aromatic rings. The third kappa shape index (κ3) is 3.20. The van der Waals surface area contributed by atoms with E-state index in [2.05, 4.69) is 18.0 Å². The van der Waals surface area contributed by atoms with Crippen LogP contribution < -0.4 is 4.90 Å². The predicted octanol–water partition coefficient (Wildman–Crippen LogP) is 5.50. The fourth-order valence-corrected chi connectivity index (χ4v) is 3.30. The third-order valence-corrected chi connectivity index (χ3v) is 5.03. The number of rotatable bonds is 4. The van der Waals surface area contributed by atoms with Gasteiger partial charge in [-0.25, -0.2) is 4.98 Å². The highest BCUT2D eigenvalue weighted by atomic mass is 16.4. The number of pyridine rings is 1. The van der Waals surface area contributed by atoms with E-state index >= 15 is 0 Å². The zero-order chi connectivity index (χ0) is 19.8. The molecular formula is C23H22N2O3. The molecule has 0 spiro atoms. The summed E-state index contributed by atoms with van der Waals surface area (Å²) in [6.07, 6.45) is 1.67. The van der Waals surface area contributed by atoms with E-state index in [4.69, 9.17) is 8.83 Å². The molecule has 3 heterocycles. The first-order valence-corrected chi connectivity index (χ1v) is 9.22. The number of benzene rings is 1. The number of furan rings is 2. The van der Waals surface area contributed by atoms with Crippen LogP contribution in [0.15, 0.2) is 57.5 Å². The average molecular weight is 374 g/mol. The largest absolute Gasteiger partial charge is 0.464 e. The van der Waals surface area contributed by atoms with Crippen LogP contribution in [0, 0.1) is 27.7 Å². The van der Waals surface area contributed by atoms with Crippen molar-refractivity contribution in [3.8, 4) is 0 Å². The molecule has 0 atom stereocenters. The van der Waals surface area contributed by atoms with Crippen LogP contribution in [0.4, 0.5) is 5.82 Å². The normalized spacial score (nSPS) is 11.1. The van der Waals surface area contributed by atoms with Crippen molar-refractivity contribution in [3.63, 3.8) is 0 Å². The number of aryl methyl sites for hydroxylation is 4. The van der Waals surface area contributed by atoms with Crippen molar-refractivity contribution in [1.82, 2.24) is 4.98 Å². The van der Waals surface area contributed by atoms with Gasteiger partial charge in [0, 0.05) is 17.1 Å². The summed E-state index contributed by atoms with van der Waals surface area (Å²) in [5.74, 6) is 2.13. The highest BCUT2D eigenvalue weighted by Gasteiger charge is 2.26. The second kappa shape index (κ2) is 7.00. The molecule has 0 radical (unpaired) electrons. The summed E-state index contributed by atoms with van der Waals surface area (Å²) in [5, 5.41) is 0.960. The summed E-state index contributed by atoms with van der Waals surface area (Å²) < 4.78 is 11.7. The van der Waals surface area contributed by atoms with Gasteiger partial charge in [0.2, 0.25) is 0 Å². The van der Waals surface area contributed by atoms with Crippen LogP contribution in [0.1, 0.15) is 38.8 Å². The molecule has 1 aromatic carbocycles. The number of carbonyl (C=O) groups is 1. The number of anilines is 1. The van der Waals surface area contributed by atoms with Crippen LogP contribution in [0.2, 0.25) is 0 Å². The maximum absolute atomic E-state index is 13.5. The summed E-state index contributed by atoms with van der Waals surface area (Å²) >= 11 is 0. The lowest BCUT2D eigenvalue weighted by molar-refractivity contribution is 0.0957. The summed E-state index contributed by atoms with van der Waals surface area (Å²) in [5.41, 5.74) is 3.86. The van der Waals surface area contributed by atoms with Crippen molar-refractivity contribution in [2.24, 2.45) is 0 Å². The minimum absolute atomic E-state index is 0.239. The van der Waals surface area contributed by atoms with E-state index in [1.165, 1.54) is 5.56 Å². The van der Waals surface area contributed by atoms with Gasteiger partial charge < -0.3 is 8.83 Å². The maximum atomic E-state index is 13.5. The molecule has 5 heteroatoms. The van der Waals surface area contributed by atoms with Crippen molar-refractivity contribution in [3.05, 3.63) is 82.6 Å². The number of nitrogens with zero attached hydrogens (tertiary/aromatic N) is 2. The molecule has 28 heavy (non-hydrogen) atoms. The molecule has 0 fully saturated rings. The molecule has 0 unspecified atom stereocenters. The Morgan fingerprint density at radius 1 is 1.00 bits per heavy atom. The van der Waals surface area contributed by atoms with Crippen molar-refractivity contribution in [2.75, 3.05) is 4.90 Å². The van der Waals surface area contributed by atoms with E-state index in [-0.39, 0.29) is 12.5 Å². The fraction of sp³-hybridized carbons (Fsp3) is 0.217. The van der Waals surface area contributed by atoms with Crippen molar-refractivity contribution < 1.29 is 13.6 Å². The molecule has 0 bridgehead atoms. The Labute approximate surface area is 163 Å². The van der Waals surface area contributed by atoms with E-state index in [1.807, 2.05) is 51.1 Å². The second-order valence-corrected chi connectivity index (χ2v) is 7.08. The molecule has 1 amide bonds. The van der Waals surface area contributed by atoms with Crippen LogP contribution >= 0.6 is 0 Å². The number of fused-ring (bicyclic) bond motifs is 1. The van der Waals surface area contributed by atoms with E-state index in [9.17, 15) is 4.79 Å². The average Bonchev–Trinajstić information content (AvgIpc) is 3.24.